The summed E-state index contributed by atoms with van der Waals surface area (Å²) in [5, 5.41) is 8.37. The van der Waals surface area contributed by atoms with Gasteiger partial charge in [0.15, 0.2) is 0 Å². The molecule has 1 unspecified atom stereocenters. The molecule has 0 spiro atoms. The second-order valence-electron chi connectivity index (χ2n) is 2.16. The quantitative estimate of drug-likeness (QED) is 0.600. The minimum absolute atomic E-state index is 0.0661. The Balaban J connectivity index is 3.68. The van der Waals surface area contributed by atoms with Crippen molar-refractivity contribution in [2.75, 3.05) is 7.11 Å². The lowest BCUT2D eigenvalue weighted by molar-refractivity contribution is -0.133. The number of hydrogen-bond acceptors (Lipinski definition) is 2. The third kappa shape index (κ3) is 3.25. The summed E-state index contributed by atoms with van der Waals surface area (Å²) in [6, 6.07) is 0. The van der Waals surface area contributed by atoms with E-state index in [-0.39, 0.29) is 11.7 Å². The smallest absolute Gasteiger partial charge is 0.331 e. The normalized spacial score (nSPS) is 12.6. The molecule has 58 valence electrons. The fourth-order valence-electron chi connectivity index (χ4n) is 0.518. The predicted molar refractivity (Wildman–Crippen MR) is 37.9 cm³/mol. The van der Waals surface area contributed by atoms with Crippen LogP contribution in [0.15, 0.2) is 12.2 Å². The van der Waals surface area contributed by atoms with Gasteiger partial charge in [-0.15, -0.1) is 0 Å². The SMILES string of the molecule is C=C(CC(C)OC)C(=O)O. The lowest BCUT2D eigenvalue weighted by atomic mass is 10.1. The van der Waals surface area contributed by atoms with Crippen molar-refractivity contribution in [2.45, 2.75) is 19.4 Å². The molecule has 0 fully saturated rings. The molecule has 1 N–H and O–H groups in total. The van der Waals surface area contributed by atoms with Crippen molar-refractivity contribution in [3.63, 3.8) is 0 Å². The molecule has 0 amide bonds. The first-order valence-electron chi connectivity index (χ1n) is 3.01. The predicted octanol–water partition coefficient (Wildman–Crippen LogP) is 1.05. The molecule has 0 radical (unpaired) electrons. The maximum absolute atomic E-state index is 10.2. The van der Waals surface area contributed by atoms with Crippen LogP contribution in [0.2, 0.25) is 0 Å². The van der Waals surface area contributed by atoms with Gasteiger partial charge in [-0.05, 0) is 6.92 Å². The van der Waals surface area contributed by atoms with E-state index in [0.29, 0.717) is 6.42 Å². The van der Waals surface area contributed by atoms with Gasteiger partial charge in [-0.3, -0.25) is 0 Å². The highest BCUT2D eigenvalue weighted by Crippen LogP contribution is 2.04. The number of hydrogen-bond donors (Lipinski definition) is 1. The highest BCUT2D eigenvalue weighted by atomic mass is 16.5. The number of rotatable bonds is 4. The highest BCUT2D eigenvalue weighted by Gasteiger charge is 2.07. The largest absolute Gasteiger partial charge is 0.478 e. The Morgan fingerprint density at radius 2 is 2.30 bits per heavy atom. The molecule has 0 bridgehead atoms. The third-order valence-corrected chi connectivity index (χ3v) is 1.24. The molecular formula is C7H12O3. The maximum atomic E-state index is 10.2. The van der Waals surface area contributed by atoms with Crippen molar-refractivity contribution in [3.05, 3.63) is 12.2 Å². The Morgan fingerprint density at radius 3 is 2.60 bits per heavy atom. The summed E-state index contributed by atoms with van der Waals surface area (Å²) < 4.78 is 4.85. The number of carboxylic acids is 1. The number of ether oxygens (including phenoxy) is 1. The second-order valence-corrected chi connectivity index (χ2v) is 2.16. The molecule has 0 aliphatic rings. The summed E-state index contributed by atoms with van der Waals surface area (Å²) in [5.41, 5.74) is 0.189. The first-order valence-corrected chi connectivity index (χ1v) is 3.01. The molecule has 0 saturated carbocycles. The molecular weight excluding hydrogens is 132 g/mol. The van der Waals surface area contributed by atoms with Gasteiger partial charge in [0, 0.05) is 19.1 Å². The molecule has 0 aromatic rings. The maximum Gasteiger partial charge on any atom is 0.331 e. The first kappa shape index (κ1) is 9.17. The summed E-state index contributed by atoms with van der Waals surface area (Å²) in [4.78, 5) is 10.2. The number of aliphatic carboxylic acids is 1. The summed E-state index contributed by atoms with van der Waals surface area (Å²) in [5.74, 6) is -0.955. The molecule has 1 atom stereocenters. The van der Waals surface area contributed by atoms with E-state index >= 15 is 0 Å². The standard InChI is InChI=1S/C7H12O3/c1-5(7(8)9)4-6(2)10-3/h6H,1,4H2,2-3H3,(H,8,9). The van der Waals surface area contributed by atoms with Gasteiger partial charge in [0.2, 0.25) is 0 Å². The van der Waals surface area contributed by atoms with Crippen LogP contribution >= 0.6 is 0 Å². The van der Waals surface area contributed by atoms with Crippen LogP contribution in [0.4, 0.5) is 0 Å². The molecule has 0 saturated heterocycles. The van der Waals surface area contributed by atoms with Gasteiger partial charge in [0.25, 0.3) is 0 Å². The van der Waals surface area contributed by atoms with E-state index in [1.165, 1.54) is 0 Å². The average Bonchev–Trinajstić information content (AvgIpc) is 1.87. The average molecular weight is 144 g/mol. The van der Waals surface area contributed by atoms with Crippen LogP contribution in [0.5, 0.6) is 0 Å². The number of methoxy groups -OCH3 is 1. The molecule has 0 aliphatic heterocycles. The Morgan fingerprint density at radius 1 is 1.80 bits per heavy atom. The van der Waals surface area contributed by atoms with Gasteiger partial charge < -0.3 is 9.84 Å². The molecule has 0 heterocycles. The second kappa shape index (κ2) is 4.06. The summed E-state index contributed by atoms with van der Waals surface area (Å²) in [6.45, 7) is 5.16. The topological polar surface area (TPSA) is 46.5 Å². The van der Waals surface area contributed by atoms with Gasteiger partial charge in [-0.25, -0.2) is 4.79 Å². The zero-order valence-electron chi connectivity index (χ0n) is 6.26. The molecule has 0 aromatic carbocycles. The third-order valence-electron chi connectivity index (χ3n) is 1.24. The minimum atomic E-state index is -0.955. The fourth-order valence-corrected chi connectivity index (χ4v) is 0.518. The number of carbonyl (C=O) groups is 1. The zero-order valence-corrected chi connectivity index (χ0v) is 6.26. The van der Waals surface area contributed by atoms with Crippen LogP contribution in [0.25, 0.3) is 0 Å². The van der Waals surface area contributed by atoms with E-state index in [0.717, 1.165) is 0 Å². The lowest BCUT2D eigenvalue weighted by Gasteiger charge is -2.07. The van der Waals surface area contributed by atoms with Crippen LogP contribution in [0.3, 0.4) is 0 Å². The molecule has 0 rings (SSSR count). The summed E-state index contributed by atoms with van der Waals surface area (Å²) in [6.07, 6.45) is 0.315. The summed E-state index contributed by atoms with van der Waals surface area (Å²) in [7, 11) is 1.54. The highest BCUT2D eigenvalue weighted by molar-refractivity contribution is 5.85. The molecule has 10 heavy (non-hydrogen) atoms. The first-order chi connectivity index (χ1) is 4.57. The van der Waals surface area contributed by atoms with Crippen molar-refractivity contribution in [1.82, 2.24) is 0 Å². The van der Waals surface area contributed by atoms with Crippen molar-refractivity contribution in [2.24, 2.45) is 0 Å². The van der Waals surface area contributed by atoms with Crippen LogP contribution in [-0.2, 0) is 9.53 Å². The van der Waals surface area contributed by atoms with Crippen LogP contribution < -0.4 is 0 Å². The minimum Gasteiger partial charge on any atom is -0.478 e. The Hall–Kier alpha value is -0.830. The zero-order chi connectivity index (χ0) is 8.15. The molecule has 3 nitrogen and oxygen atoms in total. The van der Waals surface area contributed by atoms with E-state index in [1.807, 2.05) is 0 Å². The van der Waals surface area contributed by atoms with Crippen molar-refractivity contribution >= 4 is 5.97 Å². The monoisotopic (exact) mass is 144 g/mol. The fraction of sp³-hybridized carbons (Fsp3) is 0.571. The van der Waals surface area contributed by atoms with E-state index < -0.39 is 5.97 Å². The van der Waals surface area contributed by atoms with Gasteiger partial charge in [-0.2, -0.15) is 0 Å². The van der Waals surface area contributed by atoms with Gasteiger partial charge in [0.05, 0.1) is 6.10 Å². The van der Waals surface area contributed by atoms with E-state index in [9.17, 15) is 4.79 Å². The molecule has 3 heteroatoms. The Labute approximate surface area is 60.3 Å². The van der Waals surface area contributed by atoms with E-state index in [4.69, 9.17) is 9.84 Å². The van der Waals surface area contributed by atoms with Crippen LogP contribution in [0, 0.1) is 0 Å². The number of carboxylic acid groups (broad SMARTS) is 1. The Bertz CT molecular complexity index is 140. The molecule has 0 aromatic heterocycles. The van der Waals surface area contributed by atoms with E-state index in [1.54, 1.807) is 14.0 Å². The van der Waals surface area contributed by atoms with Crippen molar-refractivity contribution in [3.8, 4) is 0 Å². The van der Waals surface area contributed by atoms with Crippen LogP contribution in [-0.4, -0.2) is 24.3 Å². The summed E-state index contributed by atoms with van der Waals surface area (Å²) >= 11 is 0. The van der Waals surface area contributed by atoms with Gasteiger partial charge >= 0.3 is 5.97 Å². The Kier molecular flexibility index (Phi) is 3.72. The van der Waals surface area contributed by atoms with Gasteiger partial charge in [0.1, 0.15) is 0 Å². The van der Waals surface area contributed by atoms with Crippen LogP contribution in [0.1, 0.15) is 13.3 Å². The van der Waals surface area contributed by atoms with E-state index in [2.05, 4.69) is 6.58 Å². The lowest BCUT2D eigenvalue weighted by Crippen LogP contribution is -2.10. The van der Waals surface area contributed by atoms with Crippen molar-refractivity contribution < 1.29 is 14.6 Å². The van der Waals surface area contributed by atoms with Crippen molar-refractivity contribution in [1.29, 1.82) is 0 Å². The molecule has 0 aliphatic carbocycles. The van der Waals surface area contributed by atoms with Gasteiger partial charge in [-0.1, -0.05) is 6.58 Å².